The average Bonchev–Trinajstić information content (AvgIpc) is 2.84. The van der Waals surface area contributed by atoms with Gasteiger partial charge in [0.1, 0.15) is 17.3 Å². The third-order valence-electron chi connectivity index (χ3n) is 3.21. The maximum Gasteiger partial charge on any atom is 0.241 e. The van der Waals surface area contributed by atoms with Crippen molar-refractivity contribution in [2.75, 3.05) is 7.11 Å². The molecule has 0 amide bonds. The van der Waals surface area contributed by atoms with Crippen LogP contribution in [0.25, 0.3) is 0 Å². The summed E-state index contributed by atoms with van der Waals surface area (Å²) in [5, 5.41) is 0. The molecule has 0 aliphatic carbocycles. The highest BCUT2D eigenvalue weighted by Gasteiger charge is 2.19. The molecule has 1 heterocycles. The van der Waals surface area contributed by atoms with E-state index in [-0.39, 0.29) is 11.4 Å². The Morgan fingerprint density at radius 3 is 2.43 bits per heavy atom. The third-order valence-corrected chi connectivity index (χ3v) is 4.76. The quantitative estimate of drug-likeness (QED) is 0.922. The predicted octanol–water partition coefficient (Wildman–Crippen LogP) is 2.69. The summed E-state index contributed by atoms with van der Waals surface area (Å²) in [7, 11) is -2.03. The van der Waals surface area contributed by atoms with E-state index in [1.165, 1.54) is 0 Å². The third kappa shape index (κ3) is 3.46. The van der Waals surface area contributed by atoms with Gasteiger partial charge in [0, 0.05) is 0 Å². The molecule has 5 nitrogen and oxygen atoms in total. The molecule has 0 saturated heterocycles. The van der Waals surface area contributed by atoms with Crippen molar-refractivity contribution in [1.29, 1.82) is 0 Å². The van der Waals surface area contributed by atoms with Gasteiger partial charge in [-0.05, 0) is 56.2 Å². The zero-order chi connectivity index (χ0) is 15.6. The SMILES string of the molecule is COc1cc(C)c(S(=O)(=O)NCc2ccc(C)o2)cc1C. The monoisotopic (exact) mass is 309 g/mol. The first-order valence-corrected chi connectivity index (χ1v) is 8.02. The van der Waals surface area contributed by atoms with Gasteiger partial charge in [-0.2, -0.15) is 0 Å². The van der Waals surface area contributed by atoms with E-state index in [4.69, 9.17) is 9.15 Å². The Labute approximate surface area is 125 Å². The molecule has 0 unspecified atom stereocenters. The molecule has 114 valence electrons. The maximum atomic E-state index is 12.4. The molecular formula is C15H19NO4S. The van der Waals surface area contributed by atoms with Crippen molar-refractivity contribution >= 4 is 10.0 Å². The van der Waals surface area contributed by atoms with E-state index >= 15 is 0 Å². The minimum absolute atomic E-state index is 0.126. The number of ether oxygens (including phenoxy) is 1. The fourth-order valence-corrected chi connectivity index (χ4v) is 3.40. The second kappa shape index (κ2) is 5.91. The van der Waals surface area contributed by atoms with Gasteiger partial charge >= 0.3 is 0 Å². The zero-order valence-corrected chi connectivity index (χ0v) is 13.4. The van der Waals surface area contributed by atoms with E-state index in [9.17, 15) is 8.42 Å². The van der Waals surface area contributed by atoms with Gasteiger partial charge in [0.25, 0.3) is 0 Å². The summed E-state index contributed by atoms with van der Waals surface area (Å²) in [6.07, 6.45) is 0. The normalized spacial score (nSPS) is 11.6. The highest BCUT2D eigenvalue weighted by atomic mass is 32.2. The first kappa shape index (κ1) is 15.6. The van der Waals surface area contributed by atoms with Crippen LogP contribution in [-0.2, 0) is 16.6 Å². The molecular weight excluding hydrogens is 290 g/mol. The van der Waals surface area contributed by atoms with Crippen LogP contribution in [0.5, 0.6) is 5.75 Å². The average molecular weight is 309 g/mol. The van der Waals surface area contributed by atoms with E-state index in [0.717, 1.165) is 11.3 Å². The zero-order valence-electron chi connectivity index (χ0n) is 12.6. The Hall–Kier alpha value is -1.79. The van der Waals surface area contributed by atoms with Crippen molar-refractivity contribution in [2.24, 2.45) is 0 Å². The standard InChI is InChI=1S/C15H19NO4S/c1-10-8-15(11(2)7-14(10)19-4)21(17,18)16-9-13-6-5-12(3)20-13/h5-8,16H,9H2,1-4H3. The van der Waals surface area contributed by atoms with Gasteiger partial charge in [0.2, 0.25) is 10.0 Å². The van der Waals surface area contributed by atoms with Crippen molar-refractivity contribution in [1.82, 2.24) is 4.72 Å². The number of aryl methyl sites for hydroxylation is 3. The minimum atomic E-state index is -3.59. The Kier molecular flexibility index (Phi) is 4.39. The Morgan fingerprint density at radius 2 is 1.86 bits per heavy atom. The van der Waals surface area contributed by atoms with Crippen LogP contribution in [0.2, 0.25) is 0 Å². The van der Waals surface area contributed by atoms with Crippen LogP contribution in [0.1, 0.15) is 22.6 Å². The van der Waals surface area contributed by atoms with E-state index in [1.54, 1.807) is 38.3 Å². The second-order valence-electron chi connectivity index (χ2n) is 4.92. The van der Waals surface area contributed by atoms with Crippen molar-refractivity contribution < 1.29 is 17.6 Å². The lowest BCUT2D eigenvalue weighted by Gasteiger charge is -2.12. The van der Waals surface area contributed by atoms with Gasteiger partial charge < -0.3 is 9.15 Å². The van der Waals surface area contributed by atoms with E-state index in [2.05, 4.69) is 4.72 Å². The molecule has 6 heteroatoms. The molecule has 21 heavy (non-hydrogen) atoms. The van der Waals surface area contributed by atoms with Gasteiger partial charge in [-0.3, -0.25) is 0 Å². The van der Waals surface area contributed by atoms with Crippen LogP contribution in [0, 0.1) is 20.8 Å². The number of hydrogen-bond donors (Lipinski definition) is 1. The molecule has 1 aromatic heterocycles. The van der Waals surface area contributed by atoms with Gasteiger partial charge in [-0.25, -0.2) is 13.1 Å². The highest BCUT2D eigenvalue weighted by Crippen LogP contribution is 2.25. The Morgan fingerprint density at radius 1 is 1.14 bits per heavy atom. The molecule has 0 atom stereocenters. The fraction of sp³-hybridized carbons (Fsp3) is 0.333. The van der Waals surface area contributed by atoms with Gasteiger partial charge in [0.05, 0.1) is 18.6 Å². The molecule has 0 aliphatic rings. The second-order valence-corrected chi connectivity index (χ2v) is 6.66. The summed E-state index contributed by atoms with van der Waals surface area (Å²) in [6, 6.07) is 6.89. The van der Waals surface area contributed by atoms with Crippen LogP contribution in [-0.4, -0.2) is 15.5 Å². The number of nitrogens with one attached hydrogen (secondary N) is 1. The van der Waals surface area contributed by atoms with E-state index < -0.39 is 10.0 Å². The number of furan rings is 1. The largest absolute Gasteiger partial charge is 0.496 e. The first-order chi connectivity index (χ1) is 9.83. The van der Waals surface area contributed by atoms with Crippen LogP contribution in [0.3, 0.4) is 0 Å². The molecule has 0 saturated carbocycles. The fourth-order valence-electron chi connectivity index (χ4n) is 2.10. The van der Waals surface area contributed by atoms with Crippen molar-refractivity contribution in [3.8, 4) is 5.75 Å². The molecule has 2 rings (SSSR count). The first-order valence-electron chi connectivity index (χ1n) is 6.53. The molecule has 0 bridgehead atoms. The van der Waals surface area contributed by atoms with Crippen molar-refractivity contribution in [3.63, 3.8) is 0 Å². The molecule has 0 fully saturated rings. The lowest BCUT2D eigenvalue weighted by molar-refractivity contribution is 0.411. The van der Waals surface area contributed by atoms with E-state index in [0.29, 0.717) is 17.1 Å². The van der Waals surface area contributed by atoms with Crippen LogP contribution < -0.4 is 9.46 Å². The molecule has 0 spiro atoms. The summed E-state index contributed by atoms with van der Waals surface area (Å²) < 4.78 is 37.9. The maximum absolute atomic E-state index is 12.4. The summed E-state index contributed by atoms with van der Waals surface area (Å²) in [5.74, 6) is 2.01. The van der Waals surface area contributed by atoms with E-state index in [1.807, 2.05) is 13.8 Å². The number of hydrogen-bond acceptors (Lipinski definition) is 4. The van der Waals surface area contributed by atoms with Crippen LogP contribution >= 0.6 is 0 Å². The highest BCUT2D eigenvalue weighted by molar-refractivity contribution is 7.89. The summed E-state index contributed by atoms with van der Waals surface area (Å²) in [5.41, 5.74) is 1.41. The topological polar surface area (TPSA) is 68.5 Å². The Balaban J connectivity index is 2.25. The molecule has 0 aliphatic heterocycles. The Bertz CT molecular complexity index is 747. The molecule has 2 aromatic rings. The van der Waals surface area contributed by atoms with Crippen LogP contribution in [0.4, 0.5) is 0 Å². The number of sulfonamides is 1. The van der Waals surface area contributed by atoms with Crippen molar-refractivity contribution in [2.45, 2.75) is 32.2 Å². The number of benzene rings is 1. The molecule has 1 aromatic carbocycles. The van der Waals surface area contributed by atoms with Crippen molar-refractivity contribution in [3.05, 3.63) is 46.9 Å². The van der Waals surface area contributed by atoms with Gasteiger partial charge in [0.15, 0.2) is 0 Å². The minimum Gasteiger partial charge on any atom is -0.496 e. The lowest BCUT2D eigenvalue weighted by atomic mass is 10.1. The predicted molar refractivity (Wildman–Crippen MR) is 79.9 cm³/mol. The van der Waals surface area contributed by atoms with Gasteiger partial charge in [-0.15, -0.1) is 0 Å². The van der Waals surface area contributed by atoms with Gasteiger partial charge in [-0.1, -0.05) is 0 Å². The summed E-state index contributed by atoms with van der Waals surface area (Å²) >= 11 is 0. The van der Waals surface area contributed by atoms with Crippen LogP contribution in [0.15, 0.2) is 33.6 Å². The molecule has 1 N–H and O–H groups in total. The number of methoxy groups -OCH3 is 1. The number of rotatable bonds is 5. The molecule has 0 radical (unpaired) electrons. The summed E-state index contributed by atoms with van der Waals surface area (Å²) in [6.45, 7) is 5.50. The summed E-state index contributed by atoms with van der Waals surface area (Å²) in [4.78, 5) is 0.254. The lowest BCUT2D eigenvalue weighted by Crippen LogP contribution is -2.24. The smallest absolute Gasteiger partial charge is 0.241 e.